The Morgan fingerprint density at radius 2 is 1.79 bits per heavy atom. The SMILES string of the molecule is CNCc1ccc(COc2c(C)nn(C)c2C)cc1. The van der Waals surface area contributed by atoms with E-state index in [4.69, 9.17) is 4.74 Å². The van der Waals surface area contributed by atoms with Gasteiger partial charge in [0.15, 0.2) is 5.75 Å². The number of aromatic nitrogens is 2. The van der Waals surface area contributed by atoms with E-state index in [0.717, 1.165) is 23.7 Å². The second-order valence-corrected chi connectivity index (χ2v) is 4.76. The molecular weight excluding hydrogens is 238 g/mol. The van der Waals surface area contributed by atoms with Gasteiger partial charge in [-0.1, -0.05) is 24.3 Å². The first-order valence-electron chi connectivity index (χ1n) is 6.47. The molecule has 0 atom stereocenters. The van der Waals surface area contributed by atoms with Crippen LogP contribution in [-0.2, 0) is 20.2 Å². The van der Waals surface area contributed by atoms with E-state index in [9.17, 15) is 0 Å². The third-order valence-corrected chi connectivity index (χ3v) is 3.23. The predicted octanol–water partition coefficient (Wildman–Crippen LogP) is 2.34. The van der Waals surface area contributed by atoms with Crippen molar-refractivity contribution in [1.29, 1.82) is 0 Å². The summed E-state index contributed by atoms with van der Waals surface area (Å²) in [5.74, 6) is 0.891. The van der Waals surface area contributed by atoms with Gasteiger partial charge in [-0.05, 0) is 32.0 Å². The van der Waals surface area contributed by atoms with Gasteiger partial charge in [-0.25, -0.2) is 0 Å². The van der Waals surface area contributed by atoms with Gasteiger partial charge in [0, 0.05) is 13.6 Å². The molecule has 1 N–H and O–H groups in total. The van der Waals surface area contributed by atoms with Crippen LogP contribution in [-0.4, -0.2) is 16.8 Å². The molecule has 0 amide bonds. The molecular formula is C15H21N3O. The van der Waals surface area contributed by atoms with Crippen LogP contribution in [0.5, 0.6) is 5.75 Å². The van der Waals surface area contributed by atoms with Gasteiger partial charge in [0.25, 0.3) is 0 Å². The van der Waals surface area contributed by atoms with Crippen LogP contribution in [0.15, 0.2) is 24.3 Å². The van der Waals surface area contributed by atoms with E-state index in [0.29, 0.717) is 6.61 Å². The molecule has 0 fully saturated rings. The van der Waals surface area contributed by atoms with E-state index in [1.807, 2.05) is 32.6 Å². The highest BCUT2D eigenvalue weighted by Crippen LogP contribution is 2.22. The van der Waals surface area contributed by atoms with Crippen LogP contribution in [0, 0.1) is 13.8 Å². The molecule has 0 spiro atoms. The van der Waals surface area contributed by atoms with Crippen LogP contribution >= 0.6 is 0 Å². The van der Waals surface area contributed by atoms with Crippen molar-refractivity contribution in [3.05, 3.63) is 46.8 Å². The Morgan fingerprint density at radius 1 is 1.16 bits per heavy atom. The molecule has 0 radical (unpaired) electrons. The summed E-state index contributed by atoms with van der Waals surface area (Å²) in [6, 6.07) is 8.46. The number of ether oxygens (including phenoxy) is 1. The Morgan fingerprint density at radius 3 is 2.32 bits per heavy atom. The smallest absolute Gasteiger partial charge is 0.163 e. The third-order valence-electron chi connectivity index (χ3n) is 3.23. The molecule has 0 saturated carbocycles. The van der Waals surface area contributed by atoms with Crippen LogP contribution in [0.25, 0.3) is 0 Å². The van der Waals surface area contributed by atoms with Crippen molar-refractivity contribution >= 4 is 0 Å². The lowest BCUT2D eigenvalue weighted by atomic mass is 10.1. The van der Waals surface area contributed by atoms with Gasteiger partial charge in [-0.15, -0.1) is 0 Å². The maximum absolute atomic E-state index is 5.88. The minimum Gasteiger partial charge on any atom is -0.485 e. The van der Waals surface area contributed by atoms with Crippen molar-refractivity contribution in [3.8, 4) is 5.75 Å². The zero-order valence-electron chi connectivity index (χ0n) is 12.0. The minimum absolute atomic E-state index is 0.577. The molecule has 0 aliphatic heterocycles. The monoisotopic (exact) mass is 259 g/mol. The molecule has 0 aliphatic carbocycles. The van der Waals surface area contributed by atoms with Crippen LogP contribution < -0.4 is 10.1 Å². The molecule has 19 heavy (non-hydrogen) atoms. The lowest BCUT2D eigenvalue weighted by Gasteiger charge is -2.07. The number of hydrogen-bond acceptors (Lipinski definition) is 3. The molecule has 1 aromatic carbocycles. The highest BCUT2D eigenvalue weighted by Gasteiger charge is 2.10. The highest BCUT2D eigenvalue weighted by molar-refractivity contribution is 5.32. The summed E-state index contributed by atoms with van der Waals surface area (Å²) in [5.41, 5.74) is 4.44. The molecule has 0 aliphatic rings. The third kappa shape index (κ3) is 3.15. The Balaban J connectivity index is 2.02. The molecule has 1 aromatic heterocycles. The van der Waals surface area contributed by atoms with Crippen molar-refractivity contribution in [3.63, 3.8) is 0 Å². The first-order chi connectivity index (χ1) is 9.11. The van der Waals surface area contributed by atoms with Gasteiger partial charge in [0.05, 0.1) is 5.69 Å². The number of nitrogens with zero attached hydrogens (tertiary/aromatic N) is 2. The molecule has 0 saturated heterocycles. The van der Waals surface area contributed by atoms with E-state index >= 15 is 0 Å². The maximum Gasteiger partial charge on any atom is 0.163 e. The Labute approximate surface area is 114 Å². The van der Waals surface area contributed by atoms with E-state index < -0.39 is 0 Å². The maximum atomic E-state index is 5.88. The Bertz CT molecular complexity index is 543. The van der Waals surface area contributed by atoms with Crippen molar-refractivity contribution in [2.24, 2.45) is 7.05 Å². The highest BCUT2D eigenvalue weighted by atomic mass is 16.5. The van der Waals surface area contributed by atoms with Crippen molar-refractivity contribution < 1.29 is 4.74 Å². The van der Waals surface area contributed by atoms with Crippen LogP contribution in [0.2, 0.25) is 0 Å². The van der Waals surface area contributed by atoms with Gasteiger partial charge >= 0.3 is 0 Å². The fraction of sp³-hybridized carbons (Fsp3) is 0.400. The Hall–Kier alpha value is -1.81. The average Bonchev–Trinajstić information content (AvgIpc) is 2.64. The summed E-state index contributed by atoms with van der Waals surface area (Å²) in [7, 11) is 3.88. The topological polar surface area (TPSA) is 39.1 Å². The van der Waals surface area contributed by atoms with Crippen molar-refractivity contribution in [1.82, 2.24) is 15.1 Å². The number of benzene rings is 1. The summed E-state index contributed by atoms with van der Waals surface area (Å²) >= 11 is 0. The lowest BCUT2D eigenvalue weighted by Crippen LogP contribution is -2.05. The summed E-state index contributed by atoms with van der Waals surface area (Å²) in [6.45, 7) is 5.46. The molecule has 4 heteroatoms. The van der Waals surface area contributed by atoms with Gasteiger partial charge in [-0.2, -0.15) is 5.10 Å². The van der Waals surface area contributed by atoms with Crippen LogP contribution in [0.1, 0.15) is 22.5 Å². The van der Waals surface area contributed by atoms with E-state index in [2.05, 4.69) is 34.7 Å². The summed E-state index contributed by atoms with van der Waals surface area (Å²) in [6.07, 6.45) is 0. The van der Waals surface area contributed by atoms with Crippen LogP contribution in [0.3, 0.4) is 0 Å². The fourth-order valence-corrected chi connectivity index (χ4v) is 2.08. The quantitative estimate of drug-likeness (QED) is 0.895. The summed E-state index contributed by atoms with van der Waals surface area (Å²) in [5, 5.41) is 7.48. The average molecular weight is 259 g/mol. The van der Waals surface area contributed by atoms with Gasteiger partial charge in [0.2, 0.25) is 0 Å². The second kappa shape index (κ2) is 5.89. The second-order valence-electron chi connectivity index (χ2n) is 4.76. The first-order valence-corrected chi connectivity index (χ1v) is 6.47. The first kappa shape index (κ1) is 13.6. The standard InChI is InChI=1S/C15H21N3O/c1-11-15(12(2)18(4)17-11)19-10-14-7-5-13(6-8-14)9-16-3/h5-8,16H,9-10H2,1-4H3. The number of rotatable bonds is 5. The molecule has 0 unspecified atom stereocenters. The van der Waals surface area contributed by atoms with Gasteiger partial charge in [0.1, 0.15) is 12.3 Å². The molecule has 0 bridgehead atoms. The minimum atomic E-state index is 0.577. The van der Waals surface area contributed by atoms with Gasteiger partial charge < -0.3 is 10.1 Å². The number of hydrogen-bond donors (Lipinski definition) is 1. The fourth-order valence-electron chi connectivity index (χ4n) is 2.08. The molecule has 2 aromatic rings. The largest absolute Gasteiger partial charge is 0.485 e. The van der Waals surface area contributed by atoms with Crippen molar-refractivity contribution in [2.45, 2.75) is 27.0 Å². The Kier molecular flexibility index (Phi) is 4.22. The van der Waals surface area contributed by atoms with E-state index in [-0.39, 0.29) is 0 Å². The van der Waals surface area contributed by atoms with E-state index in [1.165, 1.54) is 11.1 Å². The number of nitrogens with one attached hydrogen (secondary N) is 1. The summed E-state index contributed by atoms with van der Waals surface area (Å²) in [4.78, 5) is 0. The molecule has 2 rings (SSSR count). The number of aryl methyl sites for hydroxylation is 2. The lowest BCUT2D eigenvalue weighted by molar-refractivity contribution is 0.301. The molecule has 1 heterocycles. The molecule has 4 nitrogen and oxygen atoms in total. The zero-order valence-corrected chi connectivity index (χ0v) is 12.0. The predicted molar refractivity (Wildman–Crippen MR) is 76.2 cm³/mol. The van der Waals surface area contributed by atoms with Gasteiger partial charge in [-0.3, -0.25) is 4.68 Å². The van der Waals surface area contributed by atoms with Crippen molar-refractivity contribution in [2.75, 3.05) is 7.05 Å². The van der Waals surface area contributed by atoms with Crippen LogP contribution in [0.4, 0.5) is 0 Å². The summed E-state index contributed by atoms with van der Waals surface area (Å²) < 4.78 is 7.72. The zero-order chi connectivity index (χ0) is 13.8. The normalized spacial score (nSPS) is 10.7. The van der Waals surface area contributed by atoms with E-state index in [1.54, 1.807) is 0 Å². The molecule has 102 valence electrons.